The molecule has 0 saturated carbocycles. The van der Waals surface area contributed by atoms with Crippen LogP contribution in [0.2, 0.25) is 0 Å². The van der Waals surface area contributed by atoms with Crippen LogP contribution in [0.5, 0.6) is 5.75 Å². The van der Waals surface area contributed by atoms with Crippen LogP contribution in [-0.2, 0) is 6.42 Å². The second kappa shape index (κ2) is 6.99. The summed E-state index contributed by atoms with van der Waals surface area (Å²) in [5.41, 5.74) is 3.79. The summed E-state index contributed by atoms with van der Waals surface area (Å²) in [6, 6.07) is 17.2. The maximum absolute atomic E-state index is 5.47. The SMILES string of the molecule is CCOc1ccc(C(C)Nc2cccc(CC)c2)cc1. The van der Waals surface area contributed by atoms with E-state index in [9.17, 15) is 0 Å². The third-order valence-electron chi connectivity index (χ3n) is 3.41. The number of nitrogens with one attached hydrogen (secondary N) is 1. The average molecular weight is 269 g/mol. The van der Waals surface area contributed by atoms with Crippen LogP contribution in [0.3, 0.4) is 0 Å². The molecular weight excluding hydrogens is 246 g/mol. The van der Waals surface area contributed by atoms with Crippen molar-refractivity contribution >= 4 is 5.69 Å². The Morgan fingerprint density at radius 2 is 1.80 bits per heavy atom. The predicted molar refractivity (Wildman–Crippen MR) is 85.5 cm³/mol. The van der Waals surface area contributed by atoms with Crippen LogP contribution in [0.4, 0.5) is 5.69 Å². The second-order valence-corrected chi connectivity index (χ2v) is 4.92. The Morgan fingerprint density at radius 3 is 2.45 bits per heavy atom. The molecule has 2 nitrogen and oxygen atoms in total. The van der Waals surface area contributed by atoms with Gasteiger partial charge in [-0.05, 0) is 55.7 Å². The molecule has 2 heteroatoms. The molecule has 0 saturated heterocycles. The van der Waals surface area contributed by atoms with E-state index < -0.39 is 0 Å². The summed E-state index contributed by atoms with van der Waals surface area (Å²) in [6.45, 7) is 7.05. The van der Waals surface area contributed by atoms with Gasteiger partial charge in [0.2, 0.25) is 0 Å². The smallest absolute Gasteiger partial charge is 0.119 e. The first-order valence-electron chi connectivity index (χ1n) is 7.31. The Kier molecular flexibility index (Phi) is 5.05. The Hall–Kier alpha value is -1.96. The first kappa shape index (κ1) is 14.4. The molecule has 0 fully saturated rings. The minimum Gasteiger partial charge on any atom is -0.494 e. The number of aryl methyl sites for hydroxylation is 1. The quantitative estimate of drug-likeness (QED) is 0.811. The third-order valence-corrected chi connectivity index (χ3v) is 3.41. The van der Waals surface area contributed by atoms with E-state index in [1.54, 1.807) is 0 Å². The summed E-state index contributed by atoms with van der Waals surface area (Å²) >= 11 is 0. The molecule has 1 N–H and O–H groups in total. The van der Waals surface area contributed by atoms with Crippen LogP contribution >= 0.6 is 0 Å². The van der Waals surface area contributed by atoms with E-state index in [4.69, 9.17) is 4.74 Å². The molecule has 0 heterocycles. The number of benzene rings is 2. The topological polar surface area (TPSA) is 21.3 Å². The van der Waals surface area contributed by atoms with Gasteiger partial charge in [-0.2, -0.15) is 0 Å². The van der Waals surface area contributed by atoms with Crippen LogP contribution in [-0.4, -0.2) is 6.61 Å². The van der Waals surface area contributed by atoms with E-state index in [1.807, 2.05) is 19.1 Å². The van der Waals surface area contributed by atoms with Crippen LogP contribution in [0.15, 0.2) is 48.5 Å². The molecule has 106 valence electrons. The van der Waals surface area contributed by atoms with E-state index in [2.05, 4.69) is 55.6 Å². The molecule has 0 aliphatic heterocycles. The predicted octanol–water partition coefficient (Wildman–Crippen LogP) is 4.82. The Morgan fingerprint density at radius 1 is 1.05 bits per heavy atom. The molecule has 2 aromatic rings. The van der Waals surface area contributed by atoms with Gasteiger partial charge >= 0.3 is 0 Å². The number of hydrogen-bond acceptors (Lipinski definition) is 2. The van der Waals surface area contributed by atoms with Crippen molar-refractivity contribution in [2.75, 3.05) is 11.9 Å². The highest BCUT2D eigenvalue weighted by atomic mass is 16.5. The van der Waals surface area contributed by atoms with Gasteiger partial charge in [-0.3, -0.25) is 0 Å². The zero-order valence-electron chi connectivity index (χ0n) is 12.5. The fourth-order valence-electron chi connectivity index (χ4n) is 2.23. The molecule has 1 unspecified atom stereocenters. The van der Waals surface area contributed by atoms with Crippen molar-refractivity contribution in [3.63, 3.8) is 0 Å². The van der Waals surface area contributed by atoms with Gasteiger partial charge in [0, 0.05) is 11.7 Å². The zero-order valence-corrected chi connectivity index (χ0v) is 12.5. The van der Waals surface area contributed by atoms with Crippen LogP contribution < -0.4 is 10.1 Å². The third kappa shape index (κ3) is 3.77. The lowest BCUT2D eigenvalue weighted by Gasteiger charge is -2.17. The van der Waals surface area contributed by atoms with Crippen LogP contribution in [0.1, 0.15) is 37.9 Å². The minimum absolute atomic E-state index is 0.276. The minimum atomic E-state index is 0.276. The molecule has 1 atom stereocenters. The Bertz CT molecular complexity index is 533. The first-order valence-corrected chi connectivity index (χ1v) is 7.31. The molecule has 0 amide bonds. The summed E-state index contributed by atoms with van der Waals surface area (Å²) < 4.78 is 5.47. The van der Waals surface area contributed by atoms with Gasteiger partial charge in [-0.1, -0.05) is 31.2 Å². The molecule has 2 rings (SSSR count). The number of rotatable bonds is 6. The van der Waals surface area contributed by atoms with E-state index in [0.717, 1.165) is 12.2 Å². The second-order valence-electron chi connectivity index (χ2n) is 4.92. The van der Waals surface area contributed by atoms with Crippen LogP contribution in [0, 0.1) is 0 Å². The summed E-state index contributed by atoms with van der Waals surface area (Å²) in [4.78, 5) is 0. The summed E-state index contributed by atoms with van der Waals surface area (Å²) in [7, 11) is 0. The van der Waals surface area contributed by atoms with Crippen molar-refractivity contribution in [1.82, 2.24) is 0 Å². The standard InChI is InChI=1S/C18H23NO/c1-4-15-7-6-8-17(13-15)19-14(3)16-9-11-18(12-10-16)20-5-2/h6-14,19H,4-5H2,1-3H3. The van der Waals surface area contributed by atoms with Crippen molar-refractivity contribution in [3.05, 3.63) is 59.7 Å². The lowest BCUT2D eigenvalue weighted by atomic mass is 10.1. The molecule has 0 aliphatic carbocycles. The van der Waals surface area contributed by atoms with Crippen molar-refractivity contribution in [2.24, 2.45) is 0 Å². The molecule has 0 aliphatic rings. The van der Waals surface area contributed by atoms with Crippen molar-refractivity contribution in [2.45, 2.75) is 33.2 Å². The van der Waals surface area contributed by atoms with Gasteiger partial charge in [-0.15, -0.1) is 0 Å². The van der Waals surface area contributed by atoms with Gasteiger partial charge in [0.1, 0.15) is 5.75 Å². The molecule has 0 radical (unpaired) electrons. The molecule has 0 aromatic heterocycles. The Balaban J connectivity index is 2.05. The van der Waals surface area contributed by atoms with E-state index in [0.29, 0.717) is 6.61 Å². The van der Waals surface area contributed by atoms with Crippen LogP contribution in [0.25, 0.3) is 0 Å². The molecule has 2 aromatic carbocycles. The monoisotopic (exact) mass is 269 g/mol. The maximum atomic E-state index is 5.47. The molecule has 0 bridgehead atoms. The van der Waals surface area contributed by atoms with Gasteiger partial charge in [0.15, 0.2) is 0 Å². The van der Waals surface area contributed by atoms with Crippen molar-refractivity contribution in [3.8, 4) is 5.75 Å². The molecular formula is C18H23NO. The molecule has 20 heavy (non-hydrogen) atoms. The number of ether oxygens (including phenoxy) is 1. The molecule has 0 spiro atoms. The maximum Gasteiger partial charge on any atom is 0.119 e. The highest BCUT2D eigenvalue weighted by Gasteiger charge is 2.05. The van der Waals surface area contributed by atoms with E-state index >= 15 is 0 Å². The highest BCUT2D eigenvalue weighted by Crippen LogP contribution is 2.22. The van der Waals surface area contributed by atoms with Gasteiger partial charge in [0.25, 0.3) is 0 Å². The van der Waals surface area contributed by atoms with Gasteiger partial charge in [-0.25, -0.2) is 0 Å². The lowest BCUT2D eigenvalue weighted by molar-refractivity contribution is 0.340. The number of hydrogen-bond donors (Lipinski definition) is 1. The van der Waals surface area contributed by atoms with Gasteiger partial charge < -0.3 is 10.1 Å². The normalized spacial score (nSPS) is 11.9. The van der Waals surface area contributed by atoms with E-state index in [-0.39, 0.29) is 6.04 Å². The summed E-state index contributed by atoms with van der Waals surface area (Å²) in [5, 5.41) is 3.54. The average Bonchev–Trinajstić information content (AvgIpc) is 2.48. The summed E-state index contributed by atoms with van der Waals surface area (Å²) in [6.07, 6.45) is 1.06. The van der Waals surface area contributed by atoms with E-state index in [1.165, 1.54) is 16.8 Å². The number of anilines is 1. The highest BCUT2D eigenvalue weighted by molar-refractivity contribution is 5.48. The fraction of sp³-hybridized carbons (Fsp3) is 0.333. The fourth-order valence-corrected chi connectivity index (χ4v) is 2.23. The largest absolute Gasteiger partial charge is 0.494 e. The Labute approximate surface area is 121 Å². The zero-order chi connectivity index (χ0) is 14.4. The lowest BCUT2D eigenvalue weighted by Crippen LogP contribution is -2.06. The van der Waals surface area contributed by atoms with Gasteiger partial charge in [0.05, 0.1) is 6.61 Å². The summed E-state index contributed by atoms with van der Waals surface area (Å²) in [5.74, 6) is 0.927. The van der Waals surface area contributed by atoms with Crippen molar-refractivity contribution < 1.29 is 4.74 Å². The first-order chi connectivity index (χ1) is 9.72. The van der Waals surface area contributed by atoms with Crippen molar-refractivity contribution in [1.29, 1.82) is 0 Å².